The molecule has 142 valence electrons. The number of carbonyl (C=O) groups is 3. The third-order valence-electron chi connectivity index (χ3n) is 3.71. The molecule has 0 radical (unpaired) electrons. The molecule has 0 unspecified atom stereocenters. The van der Waals surface area contributed by atoms with E-state index in [9.17, 15) is 23.9 Å². The van der Waals surface area contributed by atoms with Gasteiger partial charge in [0.1, 0.15) is 5.82 Å². The van der Waals surface area contributed by atoms with Crippen LogP contribution >= 0.6 is 0 Å². The number of halogens is 1. The van der Waals surface area contributed by atoms with E-state index in [1.54, 1.807) is 12.1 Å². The van der Waals surface area contributed by atoms with E-state index >= 15 is 0 Å². The molecule has 2 aromatic rings. The Morgan fingerprint density at radius 3 is 2.37 bits per heavy atom. The molecule has 27 heavy (non-hydrogen) atoms. The fraction of sp³-hybridized carbons (Fsp3) is 0.211. The van der Waals surface area contributed by atoms with Gasteiger partial charge in [-0.3, -0.25) is 9.59 Å². The first-order valence-electron chi connectivity index (χ1n) is 7.99. The molecular formula is C19H19FN2O5. The summed E-state index contributed by atoms with van der Waals surface area (Å²) in [5.74, 6) is -2.32. The van der Waals surface area contributed by atoms with Crippen molar-refractivity contribution in [1.29, 1.82) is 0 Å². The van der Waals surface area contributed by atoms with Crippen molar-refractivity contribution in [2.75, 3.05) is 19.0 Å². The molecule has 3 N–H and O–H groups in total. The number of amides is 2. The Morgan fingerprint density at radius 1 is 1.07 bits per heavy atom. The first-order chi connectivity index (χ1) is 12.7. The molecular weight excluding hydrogens is 355 g/mol. The van der Waals surface area contributed by atoms with E-state index in [4.69, 9.17) is 0 Å². The lowest BCUT2D eigenvalue weighted by Gasteiger charge is -2.20. The first kappa shape index (κ1) is 20.1. The molecule has 2 amide bonds. The quantitative estimate of drug-likeness (QED) is 0.668. The van der Waals surface area contributed by atoms with E-state index in [0.29, 0.717) is 5.69 Å². The van der Waals surface area contributed by atoms with Gasteiger partial charge in [-0.25, -0.2) is 9.18 Å². The van der Waals surface area contributed by atoms with Crippen LogP contribution in [-0.2, 0) is 9.53 Å². The van der Waals surface area contributed by atoms with Gasteiger partial charge in [0.2, 0.25) is 0 Å². The number of hydrogen-bond acceptors (Lipinski definition) is 5. The minimum absolute atomic E-state index is 0.215. The zero-order valence-corrected chi connectivity index (χ0v) is 14.8. The Bertz CT molecular complexity index is 849. The molecule has 0 saturated carbocycles. The molecule has 0 heterocycles. The molecule has 0 bridgehead atoms. The first-order valence-corrected chi connectivity index (χ1v) is 7.99. The second kappa shape index (κ2) is 8.41. The SMILES string of the molecule is COC(=O)[C@](C)(O)CNC(=O)c1cccc(NC(=O)c2ccc(F)cc2)c1. The largest absolute Gasteiger partial charge is 0.467 e. The van der Waals surface area contributed by atoms with Crippen LogP contribution in [0.15, 0.2) is 48.5 Å². The summed E-state index contributed by atoms with van der Waals surface area (Å²) in [5, 5.41) is 15.0. The number of rotatable bonds is 6. The highest BCUT2D eigenvalue weighted by Gasteiger charge is 2.31. The lowest BCUT2D eigenvalue weighted by atomic mass is 10.1. The number of ether oxygens (including phenoxy) is 1. The van der Waals surface area contributed by atoms with Gasteiger partial charge < -0.3 is 20.5 Å². The van der Waals surface area contributed by atoms with Crippen LogP contribution in [0.2, 0.25) is 0 Å². The molecule has 7 nitrogen and oxygen atoms in total. The van der Waals surface area contributed by atoms with Crippen molar-refractivity contribution in [1.82, 2.24) is 5.32 Å². The Labute approximate surface area is 155 Å². The fourth-order valence-corrected chi connectivity index (χ4v) is 2.19. The molecule has 2 rings (SSSR count). The number of benzene rings is 2. The van der Waals surface area contributed by atoms with Gasteiger partial charge in [-0.05, 0) is 49.4 Å². The van der Waals surface area contributed by atoms with Gasteiger partial charge in [0, 0.05) is 16.8 Å². The number of methoxy groups -OCH3 is 1. The average molecular weight is 374 g/mol. The van der Waals surface area contributed by atoms with Crippen LogP contribution in [0, 0.1) is 5.82 Å². The minimum Gasteiger partial charge on any atom is -0.467 e. The van der Waals surface area contributed by atoms with Crippen LogP contribution in [0.4, 0.5) is 10.1 Å². The monoisotopic (exact) mass is 374 g/mol. The Morgan fingerprint density at radius 2 is 1.74 bits per heavy atom. The molecule has 8 heteroatoms. The summed E-state index contributed by atoms with van der Waals surface area (Å²) in [4.78, 5) is 35.8. The predicted octanol–water partition coefficient (Wildman–Crippen LogP) is 1.73. The summed E-state index contributed by atoms with van der Waals surface area (Å²) in [5.41, 5.74) is -1.02. The number of hydrogen-bond donors (Lipinski definition) is 3. The molecule has 0 spiro atoms. The molecule has 0 aliphatic heterocycles. The maximum absolute atomic E-state index is 12.9. The lowest BCUT2D eigenvalue weighted by molar-refractivity contribution is -0.159. The third kappa shape index (κ3) is 5.35. The number of nitrogens with one attached hydrogen (secondary N) is 2. The Kier molecular flexibility index (Phi) is 6.25. The molecule has 0 aliphatic rings. The Hall–Kier alpha value is -3.26. The summed E-state index contributed by atoms with van der Waals surface area (Å²) < 4.78 is 17.4. The summed E-state index contributed by atoms with van der Waals surface area (Å²) in [6.07, 6.45) is 0. The van der Waals surface area contributed by atoms with Crippen LogP contribution in [0.5, 0.6) is 0 Å². The van der Waals surface area contributed by atoms with Crippen molar-refractivity contribution in [2.24, 2.45) is 0 Å². The van der Waals surface area contributed by atoms with E-state index < -0.39 is 29.2 Å². The van der Waals surface area contributed by atoms with Crippen molar-refractivity contribution >= 4 is 23.5 Å². The maximum atomic E-state index is 12.9. The fourth-order valence-electron chi connectivity index (χ4n) is 2.19. The second-order valence-electron chi connectivity index (χ2n) is 5.99. The van der Waals surface area contributed by atoms with E-state index in [1.165, 1.54) is 43.3 Å². The van der Waals surface area contributed by atoms with Crippen LogP contribution in [-0.4, -0.2) is 42.1 Å². The molecule has 0 fully saturated rings. The van der Waals surface area contributed by atoms with Gasteiger partial charge in [0.15, 0.2) is 5.60 Å². The van der Waals surface area contributed by atoms with Crippen LogP contribution in [0.25, 0.3) is 0 Å². The van der Waals surface area contributed by atoms with Crippen molar-refractivity contribution in [3.05, 3.63) is 65.5 Å². The predicted molar refractivity (Wildman–Crippen MR) is 95.8 cm³/mol. The zero-order valence-electron chi connectivity index (χ0n) is 14.8. The highest BCUT2D eigenvalue weighted by Crippen LogP contribution is 2.13. The van der Waals surface area contributed by atoms with Gasteiger partial charge in [-0.1, -0.05) is 6.07 Å². The van der Waals surface area contributed by atoms with E-state index in [-0.39, 0.29) is 17.7 Å². The van der Waals surface area contributed by atoms with E-state index in [1.807, 2.05) is 0 Å². The number of aliphatic hydroxyl groups is 1. The highest BCUT2D eigenvalue weighted by atomic mass is 19.1. The summed E-state index contributed by atoms with van der Waals surface area (Å²) in [6.45, 7) is 0.878. The summed E-state index contributed by atoms with van der Waals surface area (Å²) >= 11 is 0. The summed E-state index contributed by atoms with van der Waals surface area (Å²) in [6, 6.07) is 11.1. The topological polar surface area (TPSA) is 105 Å². The Balaban J connectivity index is 2.04. The van der Waals surface area contributed by atoms with E-state index in [0.717, 1.165) is 7.11 Å². The maximum Gasteiger partial charge on any atom is 0.339 e. The van der Waals surface area contributed by atoms with E-state index in [2.05, 4.69) is 15.4 Å². The smallest absolute Gasteiger partial charge is 0.339 e. The molecule has 1 atom stereocenters. The second-order valence-corrected chi connectivity index (χ2v) is 5.99. The molecule has 0 saturated heterocycles. The van der Waals surface area contributed by atoms with Gasteiger partial charge in [0.25, 0.3) is 11.8 Å². The van der Waals surface area contributed by atoms with Gasteiger partial charge >= 0.3 is 5.97 Å². The number of anilines is 1. The number of esters is 1. The molecule has 0 aromatic heterocycles. The van der Waals surface area contributed by atoms with Gasteiger partial charge in [-0.2, -0.15) is 0 Å². The van der Waals surface area contributed by atoms with Gasteiger partial charge in [0.05, 0.1) is 13.7 Å². The minimum atomic E-state index is -1.86. The van der Waals surface area contributed by atoms with Crippen LogP contribution < -0.4 is 10.6 Å². The normalized spacial score (nSPS) is 12.6. The third-order valence-corrected chi connectivity index (χ3v) is 3.71. The highest BCUT2D eigenvalue weighted by molar-refractivity contribution is 6.05. The number of carbonyl (C=O) groups excluding carboxylic acids is 3. The lowest BCUT2D eigenvalue weighted by Crippen LogP contribution is -2.47. The molecule has 2 aromatic carbocycles. The van der Waals surface area contributed by atoms with Crippen LogP contribution in [0.1, 0.15) is 27.6 Å². The van der Waals surface area contributed by atoms with Gasteiger partial charge in [-0.15, -0.1) is 0 Å². The molecule has 0 aliphatic carbocycles. The van der Waals surface area contributed by atoms with Crippen molar-refractivity contribution in [3.8, 4) is 0 Å². The van der Waals surface area contributed by atoms with Crippen molar-refractivity contribution < 1.29 is 28.6 Å². The zero-order chi connectivity index (χ0) is 20.0. The standard InChI is InChI=1S/C19H19FN2O5/c1-19(26,18(25)27-2)11-21-16(23)13-4-3-5-15(10-13)22-17(24)12-6-8-14(20)9-7-12/h3-10,26H,11H2,1-2H3,(H,21,23)(H,22,24)/t19-/m1/s1. The summed E-state index contributed by atoms with van der Waals surface area (Å²) in [7, 11) is 1.13. The average Bonchev–Trinajstić information content (AvgIpc) is 2.66. The van der Waals surface area contributed by atoms with Crippen molar-refractivity contribution in [3.63, 3.8) is 0 Å². The van der Waals surface area contributed by atoms with Crippen molar-refractivity contribution in [2.45, 2.75) is 12.5 Å². The van der Waals surface area contributed by atoms with Crippen LogP contribution in [0.3, 0.4) is 0 Å².